The van der Waals surface area contributed by atoms with Gasteiger partial charge in [0.2, 0.25) is 0 Å². The third-order valence-electron chi connectivity index (χ3n) is 4.54. The Morgan fingerprint density at radius 1 is 1.60 bits per heavy atom. The van der Waals surface area contributed by atoms with Gasteiger partial charge in [0.25, 0.3) is 0 Å². The molecule has 4 rings (SSSR count). The van der Waals surface area contributed by atoms with Gasteiger partial charge in [-0.25, -0.2) is 0 Å². The summed E-state index contributed by atoms with van der Waals surface area (Å²) in [6.45, 7) is 2.34. The van der Waals surface area contributed by atoms with Crippen LogP contribution in [0.5, 0.6) is 0 Å². The van der Waals surface area contributed by atoms with E-state index in [-0.39, 0.29) is 0 Å². The molecular weight excluding hydrogens is 122 g/mol. The molecule has 4 fully saturated rings. The molecule has 0 spiro atoms. The van der Waals surface area contributed by atoms with E-state index in [1.807, 2.05) is 0 Å². The Hall–Kier alpha value is -0.0400. The first-order valence-corrected chi connectivity index (χ1v) is 4.55. The maximum absolute atomic E-state index is 6.07. The minimum Gasteiger partial charge on any atom is -0.327 e. The third-order valence-corrected chi connectivity index (χ3v) is 4.54. The molecule has 0 heterocycles. The Morgan fingerprint density at radius 3 is 2.60 bits per heavy atom. The van der Waals surface area contributed by atoms with E-state index in [1.165, 1.54) is 19.3 Å². The molecule has 2 unspecified atom stereocenters. The monoisotopic (exact) mass is 137 g/mol. The molecule has 0 aromatic carbocycles. The maximum atomic E-state index is 6.07. The summed E-state index contributed by atoms with van der Waals surface area (Å²) >= 11 is 0. The number of rotatable bonds is 1. The van der Waals surface area contributed by atoms with Crippen LogP contribution in [-0.4, -0.2) is 6.04 Å². The van der Waals surface area contributed by atoms with Crippen LogP contribution in [0.25, 0.3) is 0 Å². The average molecular weight is 137 g/mol. The zero-order valence-electron chi connectivity index (χ0n) is 6.51. The first-order chi connectivity index (χ1) is 4.79. The number of hydrogen-bond donors (Lipinski definition) is 1. The highest BCUT2D eigenvalue weighted by Crippen LogP contribution is 2.79. The van der Waals surface area contributed by atoms with Gasteiger partial charge in [0.05, 0.1) is 0 Å². The largest absolute Gasteiger partial charge is 0.327 e. The molecule has 4 aliphatic carbocycles. The summed E-state index contributed by atoms with van der Waals surface area (Å²) < 4.78 is 0. The second-order valence-corrected chi connectivity index (χ2v) is 4.50. The Balaban J connectivity index is 2.01. The third kappa shape index (κ3) is 0.334. The number of nitrogens with two attached hydrogens (primary N) is 1. The minimum atomic E-state index is 0.602. The van der Waals surface area contributed by atoms with Gasteiger partial charge in [0.15, 0.2) is 0 Å². The van der Waals surface area contributed by atoms with Crippen LogP contribution in [0.15, 0.2) is 0 Å². The highest BCUT2D eigenvalue weighted by Gasteiger charge is 2.76. The van der Waals surface area contributed by atoms with Gasteiger partial charge in [-0.05, 0) is 42.4 Å². The van der Waals surface area contributed by atoms with Crippen molar-refractivity contribution in [2.75, 3.05) is 0 Å². The van der Waals surface area contributed by atoms with Gasteiger partial charge >= 0.3 is 0 Å². The predicted molar refractivity (Wildman–Crippen MR) is 40.4 cm³/mol. The van der Waals surface area contributed by atoms with Crippen molar-refractivity contribution >= 4 is 0 Å². The van der Waals surface area contributed by atoms with E-state index in [9.17, 15) is 0 Å². The summed E-state index contributed by atoms with van der Waals surface area (Å²) in [5, 5.41) is 0. The van der Waals surface area contributed by atoms with E-state index in [0.29, 0.717) is 6.04 Å². The molecule has 4 saturated carbocycles. The van der Waals surface area contributed by atoms with Gasteiger partial charge in [-0.1, -0.05) is 6.92 Å². The van der Waals surface area contributed by atoms with Gasteiger partial charge in [0, 0.05) is 6.04 Å². The lowest BCUT2D eigenvalue weighted by molar-refractivity contribution is 0.463. The van der Waals surface area contributed by atoms with E-state index in [4.69, 9.17) is 5.73 Å². The highest BCUT2D eigenvalue weighted by atomic mass is 14.9. The zero-order chi connectivity index (χ0) is 6.93. The topological polar surface area (TPSA) is 26.0 Å². The Kier molecular flexibility index (Phi) is 0.722. The molecule has 1 heteroatoms. The molecule has 0 aliphatic heterocycles. The maximum Gasteiger partial charge on any atom is 0.0104 e. The van der Waals surface area contributed by atoms with Gasteiger partial charge in [-0.15, -0.1) is 0 Å². The molecule has 0 saturated heterocycles. The summed E-state index contributed by atoms with van der Waals surface area (Å²) in [6.07, 6.45) is 4.34. The van der Waals surface area contributed by atoms with Crippen LogP contribution in [0.3, 0.4) is 0 Å². The molecule has 5 atom stereocenters. The van der Waals surface area contributed by atoms with Crippen molar-refractivity contribution in [3.05, 3.63) is 0 Å². The van der Waals surface area contributed by atoms with Crippen molar-refractivity contribution in [3.8, 4) is 0 Å². The average Bonchev–Trinajstić information content (AvgIpc) is 2.36. The molecule has 0 amide bonds. The SMILES string of the molecule is CC[C@@]12C[C@H]3CC1C2[C@H]3N. The molecule has 4 bridgehead atoms. The molecule has 0 radical (unpaired) electrons. The fraction of sp³-hybridized carbons (Fsp3) is 1.00. The molecule has 1 nitrogen and oxygen atoms in total. The van der Waals surface area contributed by atoms with Crippen molar-refractivity contribution in [1.82, 2.24) is 0 Å². The van der Waals surface area contributed by atoms with Crippen molar-refractivity contribution in [2.24, 2.45) is 28.9 Å². The molecule has 2 N–H and O–H groups in total. The fourth-order valence-electron chi connectivity index (χ4n) is 4.06. The van der Waals surface area contributed by atoms with Gasteiger partial charge in [-0.3, -0.25) is 0 Å². The van der Waals surface area contributed by atoms with Crippen LogP contribution in [0.4, 0.5) is 0 Å². The van der Waals surface area contributed by atoms with Crippen LogP contribution >= 0.6 is 0 Å². The number of hydrogen-bond acceptors (Lipinski definition) is 1. The van der Waals surface area contributed by atoms with Crippen molar-refractivity contribution in [2.45, 2.75) is 32.2 Å². The summed E-state index contributed by atoms with van der Waals surface area (Å²) in [4.78, 5) is 0. The van der Waals surface area contributed by atoms with E-state index >= 15 is 0 Å². The first kappa shape index (κ1) is 5.59. The lowest BCUT2D eigenvalue weighted by Gasteiger charge is -2.04. The van der Waals surface area contributed by atoms with Gasteiger partial charge in [-0.2, -0.15) is 0 Å². The van der Waals surface area contributed by atoms with Gasteiger partial charge < -0.3 is 5.73 Å². The second kappa shape index (κ2) is 1.29. The first-order valence-electron chi connectivity index (χ1n) is 4.55. The smallest absolute Gasteiger partial charge is 0.0104 e. The summed E-state index contributed by atoms with van der Waals surface area (Å²) in [5.74, 6) is 2.95. The lowest BCUT2D eigenvalue weighted by Crippen LogP contribution is -2.23. The van der Waals surface area contributed by atoms with Crippen LogP contribution in [0, 0.1) is 23.2 Å². The molecule has 0 aromatic heterocycles. The van der Waals surface area contributed by atoms with Crippen LogP contribution in [0.1, 0.15) is 26.2 Å². The second-order valence-electron chi connectivity index (χ2n) is 4.50. The summed E-state index contributed by atoms with van der Waals surface area (Å²) in [7, 11) is 0. The molecule has 4 aliphatic rings. The van der Waals surface area contributed by atoms with Crippen molar-refractivity contribution in [3.63, 3.8) is 0 Å². The van der Waals surface area contributed by atoms with E-state index in [0.717, 1.165) is 23.2 Å². The van der Waals surface area contributed by atoms with Crippen LogP contribution in [0.2, 0.25) is 0 Å². The van der Waals surface area contributed by atoms with Crippen molar-refractivity contribution < 1.29 is 0 Å². The Labute approximate surface area is 62.0 Å². The highest BCUT2D eigenvalue weighted by molar-refractivity contribution is 5.26. The normalized spacial score (nSPS) is 69.0. The predicted octanol–water partition coefficient (Wildman–Crippen LogP) is 1.38. The minimum absolute atomic E-state index is 0.602. The van der Waals surface area contributed by atoms with E-state index in [1.54, 1.807) is 0 Å². The lowest BCUT2D eigenvalue weighted by atomic mass is 10.0. The quantitative estimate of drug-likeness (QED) is 0.580. The standard InChI is InChI=1S/C9H15N/c1-2-9-4-5-3-6(9)7(9)8(5)10/h5-8H,2-4,10H2,1H3/t5-,6?,7?,8+,9-/m1/s1. The van der Waals surface area contributed by atoms with Crippen LogP contribution < -0.4 is 5.73 Å². The molecular formula is C9H15N. The van der Waals surface area contributed by atoms with Gasteiger partial charge in [0.1, 0.15) is 0 Å². The Morgan fingerprint density at radius 2 is 2.40 bits per heavy atom. The zero-order valence-corrected chi connectivity index (χ0v) is 6.51. The Bertz CT molecular complexity index is 189. The molecule has 56 valence electrons. The van der Waals surface area contributed by atoms with E-state index in [2.05, 4.69) is 6.92 Å². The molecule has 10 heavy (non-hydrogen) atoms. The summed E-state index contributed by atoms with van der Waals surface area (Å²) in [6, 6.07) is 0.602. The van der Waals surface area contributed by atoms with E-state index < -0.39 is 0 Å². The van der Waals surface area contributed by atoms with Crippen molar-refractivity contribution in [1.29, 1.82) is 0 Å². The summed E-state index contributed by atoms with van der Waals surface area (Å²) in [5.41, 5.74) is 6.85. The van der Waals surface area contributed by atoms with Crippen LogP contribution in [-0.2, 0) is 0 Å². The molecule has 0 aromatic rings. The fourth-order valence-corrected chi connectivity index (χ4v) is 4.06.